The van der Waals surface area contributed by atoms with E-state index in [4.69, 9.17) is 0 Å². The third-order valence-electron chi connectivity index (χ3n) is 3.06. The number of hydrogen-bond acceptors (Lipinski definition) is 9. The van der Waals surface area contributed by atoms with Gasteiger partial charge in [-0.25, -0.2) is 0 Å². The van der Waals surface area contributed by atoms with Crippen molar-refractivity contribution >= 4 is 87.9 Å². The minimum atomic E-state index is 0.268. The Hall–Kier alpha value is 1.11. The molecule has 0 radical (unpaired) electrons. The molecule has 0 aromatic rings. The zero-order chi connectivity index (χ0) is 18.5. The number of ketones is 3. The van der Waals surface area contributed by atoms with Gasteiger partial charge in [-0.2, -0.15) is 58.8 Å². The van der Waals surface area contributed by atoms with Gasteiger partial charge in [-0.3, -0.25) is 14.4 Å². The topological polar surface area (TPSA) is 51.2 Å². The number of carbonyl (C=O) groups excluding carboxylic acids is 3. The van der Waals surface area contributed by atoms with Gasteiger partial charge in [0.05, 0.1) is 34.5 Å². The molecule has 1 rings (SSSR count). The Balaban J connectivity index is 2.47. The van der Waals surface area contributed by atoms with Gasteiger partial charge in [0.1, 0.15) is 0 Å². The van der Waals surface area contributed by atoms with Gasteiger partial charge < -0.3 is 0 Å². The fourth-order valence-electron chi connectivity index (χ4n) is 1.87. The molecule has 1 heterocycles. The molecule has 0 N–H and O–H groups in total. The van der Waals surface area contributed by atoms with Crippen LogP contribution in [0.3, 0.4) is 0 Å². The fourth-order valence-corrected chi connectivity index (χ4v) is 8.39. The summed E-state index contributed by atoms with van der Waals surface area (Å²) in [4.78, 5) is 35.7. The number of thioether (sulfide) groups is 6. The van der Waals surface area contributed by atoms with E-state index in [0.717, 1.165) is 17.3 Å². The molecule has 3 nitrogen and oxygen atoms in total. The summed E-state index contributed by atoms with van der Waals surface area (Å²) in [5, 5.41) is 0.711. The molecule has 1 aliphatic heterocycles. The van der Waals surface area contributed by atoms with Crippen molar-refractivity contribution in [3.63, 3.8) is 0 Å². The second-order valence-corrected chi connectivity index (χ2v) is 12.3. The van der Waals surface area contributed by atoms with Crippen molar-refractivity contribution in [3.8, 4) is 0 Å². The summed E-state index contributed by atoms with van der Waals surface area (Å²) in [6.45, 7) is 2.12. The molecule has 144 valence electrons. The minimum Gasteiger partial charge on any atom is -0.298 e. The summed E-state index contributed by atoms with van der Waals surface area (Å²) in [7, 11) is 0. The number of Topliss-reactive ketones (excluding diaryl/α,β-unsaturated/α-hetero) is 3. The van der Waals surface area contributed by atoms with Gasteiger partial charge in [0.25, 0.3) is 0 Å². The first-order chi connectivity index (χ1) is 12.0. The highest BCUT2D eigenvalue weighted by molar-refractivity contribution is 8.06. The first-order valence-corrected chi connectivity index (χ1v) is 15.0. The van der Waals surface area contributed by atoms with Gasteiger partial charge in [0.15, 0.2) is 17.3 Å². The van der Waals surface area contributed by atoms with Crippen molar-refractivity contribution < 1.29 is 14.4 Å². The molecule has 0 saturated carbocycles. The Morgan fingerprint density at radius 2 is 1.64 bits per heavy atom. The minimum absolute atomic E-state index is 0.268. The van der Waals surface area contributed by atoms with Crippen LogP contribution in [0, 0.1) is 0 Å². The summed E-state index contributed by atoms with van der Waals surface area (Å²) < 4.78 is 0. The van der Waals surface area contributed by atoms with Crippen LogP contribution in [0.5, 0.6) is 0 Å². The molecule has 0 aliphatic carbocycles. The Morgan fingerprint density at radius 3 is 2.36 bits per heavy atom. The lowest BCUT2D eigenvalue weighted by Crippen LogP contribution is -2.19. The van der Waals surface area contributed by atoms with E-state index in [9.17, 15) is 14.4 Å². The Kier molecular flexibility index (Phi) is 14.6. The second-order valence-electron chi connectivity index (χ2n) is 5.65. The smallest absolute Gasteiger partial charge is 0.152 e. The highest BCUT2D eigenvalue weighted by Gasteiger charge is 2.16. The van der Waals surface area contributed by atoms with Gasteiger partial charge >= 0.3 is 0 Å². The van der Waals surface area contributed by atoms with Gasteiger partial charge in [0, 0.05) is 27.8 Å². The molecular weight excluding hydrogens is 433 g/mol. The zero-order valence-electron chi connectivity index (χ0n) is 14.7. The number of hydrogen-bond donors (Lipinski definition) is 0. The quantitative estimate of drug-likeness (QED) is 0.595. The van der Waals surface area contributed by atoms with Crippen molar-refractivity contribution in [1.29, 1.82) is 0 Å². The molecule has 2 atom stereocenters. The maximum absolute atomic E-state index is 12.1. The number of rotatable bonds is 6. The molecule has 9 heteroatoms. The first kappa shape index (κ1) is 24.1. The first-order valence-electron chi connectivity index (χ1n) is 8.01. The normalized spacial score (nSPS) is 24.7. The Morgan fingerprint density at radius 1 is 1.00 bits per heavy atom. The molecule has 0 spiro atoms. The lowest BCUT2D eigenvalue weighted by Gasteiger charge is -2.17. The third kappa shape index (κ3) is 13.0. The SMILES string of the molecule is CSCC(=O)CSCC1CSCC(=O)CSCC(C)SCC(=O)CS1. The summed E-state index contributed by atoms with van der Waals surface area (Å²) in [6, 6.07) is 0. The summed E-state index contributed by atoms with van der Waals surface area (Å²) in [5.74, 6) is 6.82. The predicted octanol–water partition coefficient (Wildman–Crippen LogP) is 3.49. The maximum atomic E-state index is 12.1. The van der Waals surface area contributed by atoms with Gasteiger partial charge in [-0.15, -0.1) is 11.8 Å². The molecular formula is C16H26O3S6. The largest absolute Gasteiger partial charge is 0.298 e. The monoisotopic (exact) mass is 458 g/mol. The predicted molar refractivity (Wildman–Crippen MR) is 124 cm³/mol. The highest BCUT2D eigenvalue weighted by Crippen LogP contribution is 2.24. The summed E-state index contributed by atoms with van der Waals surface area (Å²) in [6.07, 6.45) is 1.94. The number of carbonyl (C=O) groups is 3. The molecule has 1 fully saturated rings. The van der Waals surface area contributed by atoms with Crippen LogP contribution < -0.4 is 0 Å². The Labute approximate surface area is 176 Å². The average molecular weight is 459 g/mol. The van der Waals surface area contributed by atoms with E-state index in [1.54, 1.807) is 70.6 Å². The van der Waals surface area contributed by atoms with Gasteiger partial charge in [-0.05, 0) is 6.26 Å². The van der Waals surface area contributed by atoms with Gasteiger partial charge in [-0.1, -0.05) is 6.92 Å². The molecule has 1 saturated heterocycles. The molecule has 0 aromatic carbocycles. The van der Waals surface area contributed by atoms with Crippen molar-refractivity contribution in [2.45, 2.75) is 17.4 Å². The molecule has 25 heavy (non-hydrogen) atoms. The zero-order valence-corrected chi connectivity index (χ0v) is 19.6. The maximum Gasteiger partial charge on any atom is 0.152 e. The fraction of sp³-hybridized carbons (Fsp3) is 0.812. The molecule has 0 aromatic heterocycles. The van der Waals surface area contributed by atoms with E-state index in [-0.39, 0.29) is 5.78 Å². The molecule has 1 aliphatic rings. The van der Waals surface area contributed by atoms with E-state index in [1.165, 1.54) is 0 Å². The van der Waals surface area contributed by atoms with E-state index in [1.807, 2.05) is 6.26 Å². The molecule has 0 bridgehead atoms. The summed E-state index contributed by atoms with van der Waals surface area (Å²) >= 11 is 9.92. The lowest BCUT2D eigenvalue weighted by atomic mass is 10.5. The van der Waals surface area contributed by atoms with E-state index >= 15 is 0 Å². The van der Waals surface area contributed by atoms with Crippen LogP contribution in [0.2, 0.25) is 0 Å². The van der Waals surface area contributed by atoms with Crippen LogP contribution in [0.1, 0.15) is 6.92 Å². The van der Waals surface area contributed by atoms with Gasteiger partial charge in [0.2, 0.25) is 0 Å². The van der Waals surface area contributed by atoms with Crippen molar-refractivity contribution in [2.24, 2.45) is 0 Å². The van der Waals surface area contributed by atoms with Crippen LogP contribution >= 0.6 is 70.6 Å². The highest BCUT2D eigenvalue weighted by atomic mass is 32.2. The van der Waals surface area contributed by atoms with E-state index < -0.39 is 0 Å². The van der Waals surface area contributed by atoms with E-state index in [2.05, 4.69) is 6.92 Å². The van der Waals surface area contributed by atoms with Crippen LogP contribution in [0.15, 0.2) is 0 Å². The summed E-state index contributed by atoms with van der Waals surface area (Å²) in [5.41, 5.74) is 0. The average Bonchev–Trinajstić information content (AvgIpc) is 2.57. The van der Waals surface area contributed by atoms with Crippen molar-refractivity contribution in [3.05, 3.63) is 0 Å². The second kappa shape index (κ2) is 15.1. The Bertz CT molecular complexity index is 430. The van der Waals surface area contributed by atoms with Crippen molar-refractivity contribution in [2.75, 3.05) is 58.0 Å². The van der Waals surface area contributed by atoms with Crippen LogP contribution in [0.4, 0.5) is 0 Å². The molecule has 2 unspecified atom stereocenters. The molecule has 0 amide bonds. The van der Waals surface area contributed by atoms with Crippen LogP contribution in [-0.2, 0) is 14.4 Å². The standard InChI is InChI=1S/C16H26O3S6/c1-12-3-21-6-14(18)7-23-11-16(25-9-15(19)8-24-12)10-22-5-13(17)4-20-2/h12,16H,3-11H2,1-2H3. The lowest BCUT2D eigenvalue weighted by molar-refractivity contribution is -0.115. The third-order valence-corrected chi connectivity index (χ3v) is 10.4. The van der Waals surface area contributed by atoms with Crippen molar-refractivity contribution in [1.82, 2.24) is 0 Å². The van der Waals surface area contributed by atoms with Crippen LogP contribution in [0.25, 0.3) is 0 Å². The van der Waals surface area contributed by atoms with E-state index in [0.29, 0.717) is 56.6 Å². The van der Waals surface area contributed by atoms with Crippen LogP contribution in [-0.4, -0.2) is 85.9 Å².